The number of ether oxygens (including phenoxy) is 1. The molecule has 15 heteroatoms. The van der Waals surface area contributed by atoms with Gasteiger partial charge in [-0.15, -0.1) is 0 Å². The standard InChI is InChI=1S/C49H74N8O6S/c1-26(2)22-36-44(58)54-40(29(7)8)46(60)55-39(28(5)6)45(59)53-37(27(3)4)25-51-43(38(64)23-32-18-14-13-15-19-32)49(63-12)57-41(30(9)10)47(61)56-42(48(62)52-36)31(11)34-24-50-35-21-17-16-20-33(34)35/h13-21,24,26-30,36-43,49-51,57,64H,11,22-23,25H2,1-10,12H3,(H,52,62)(H,53,59)(H,54,58)(H,55,60)(H,56,61)/t36-,37-,38?,39-,40+,41-,42+,43+,49?/m1/s1. The van der Waals surface area contributed by atoms with Gasteiger partial charge in [-0.2, -0.15) is 12.6 Å². The van der Waals surface area contributed by atoms with E-state index in [-0.39, 0.29) is 47.2 Å². The summed E-state index contributed by atoms with van der Waals surface area (Å²) < 4.78 is 6.17. The fourth-order valence-electron chi connectivity index (χ4n) is 8.04. The molecule has 8 N–H and O–H groups in total. The Kier molecular flexibility index (Phi) is 19.5. The van der Waals surface area contributed by atoms with Gasteiger partial charge >= 0.3 is 0 Å². The molecule has 1 aromatic heterocycles. The van der Waals surface area contributed by atoms with Gasteiger partial charge in [0.05, 0.1) is 12.1 Å². The second kappa shape index (κ2) is 24.0. The zero-order valence-corrected chi connectivity index (χ0v) is 40.5. The number of amides is 5. The predicted octanol–water partition coefficient (Wildman–Crippen LogP) is 4.72. The molecule has 0 aliphatic carbocycles. The highest BCUT2D eigenvalue weighted by atomic mass is 32.1. The molecule has 4 rings (SSSR count). The number of hydrogen-bond donors (Lipinski definition) is 9. The molecule has 1 fully saturated rings. The lowest BCUT2D eigenvalue weighted by molar-refractivity contribution is -0.135. The van der Waals surface area contributed by atoms with Crippen molar-refractivity contribution >= 4 is 58.6 Å². The number of aromatic nitrogens is 1. The Labute approximate surface area is 385 Å². The number of benzene rings is 2. The molecular weight excluding hydrogens is 829 g/mol. The normalized spacial score (nSPS) is 25.7. The Bertz CT molecular complexity index is 2040. The summed E-state index contributed by atoms with van der Waals surface area (Å²) in [6.07, 6.45) is 1.74. The first-order valence-electron chi connectivity index (χ1n) is 22.7. The van der Waals surface area contributed by atoms with Crippen molar-refractivity contribution in [3.8, 4) is 0 Å². The number of fused-ring (bicyclic) bond motifs is 1. The van der Waals surface area contributed by atoms with E-state index in [1.54, 1.807) is 27.2 Å². The van der Waals surface area contributed by atoms with Gasteiger partial charge in [-0.05, 0) is 59.6 Å². The van der Waals surface area contributed by atoms with Crippen LogP contribution in [0.25, 0.3) is 16.5 Å². The van der Waals surface area contributed by atoms with E-state index in [2.05, 4.69) is 48.8 Å². The molecule has 9 atom stereocenters. The fourth-order valence-corrected chi connectivity index (χ4v) is 8.52. The van der Waals surface area contributed by atoms with Gasteiger partial charge in [-0.1, -0.05) is 124 Å². The summed E-state index contributed by atoms with van der Waals surface area (Å²) in [4.78, 5) is 75.3. The quantitative estimate of drug-likeness (QED) is 0.117. The molecule has 1 aliphatic rings. The van der Waals surface area contributed by atoms with Crippen molar-refractivity contribution in [1.29, 1.82) is 0 Å². The van der Waals surface area contributed by atoms with Crippen LogP contribution in [0.4, 0.5) is 0 Å². The molecule has 64 heavy (non-hydrogen) atoms. The average molecular weight is 903 g/mol. The van der Waals surface area contributed by atoms with Gasteiger partial charge in [0.15, 0.2) is 0 Å². The van der Waals surface area contributed by atoms with Crippen LogP contribution in [-0.2, 0) is 35.1 Å². The highest BCUT2D eigenvalue weighted by Gasteiger charge is 2.39. The van der Waals surface area contributed by atoms with Gasteiger partial charge in [-0.25, -0.2) is 0 Å². The first kappa shape index (κ1) is 51.9. The monoisotopic (exact) mass is 903 g/mol. The topological polar surface area (TPSA) is 195 Å². The van der Waals surface area contributed by atoms with Crippen molar-refractivity contribution in [2.75, 3.05) is 13.7 Å². The van der Waals surface area contributed by atoms with Crippen LogP contribution in [-0.4, -0.2) is 102 Å². The molecule has 0 bridgehead atoms. The minimum Gasteiger partial charge on any atom is -0.365 e. The third-order valence-electron chi connectivity index (χ3n) is 11.9. The molecule has 352 valence electrons. The van der Waals surface area contributed by atoms with Crippen molar-refractivity contribution in [1.82, 2.24) is 42.2 Å². The maximum atomic E-state index is 14.8. The van der Waals surface area contributed by atoms with E-state index >= 15 is 0 Å². The van der Waals surface area contributed by atoms with Crippen molar-refractivity contribution in [3.63, 3.8) is 0 Å². The molecule has 2 unspecified atom stereocenters. The van der Waals surface area contributed by atoms with Crippen molar-refractivity contribution in [2.24, 2.45) is 29.6 Å². The Hall–Kier alpha value is -4.70. The number of aromatic amines is 1. The van der Waals surface area contributed by atoms with Gasteiger partial charge in [-0.3, -0.25) is 29.3 Å². The highest BCUT2D eigenvalue weighted by Crippen LogP contribution is 2.27. The van der Waals surface area contributed by atoms with Crippen molar-refractivity contribution in [3.05, 3.63) is 78.5 Å². The molecule has 14 nitrogen and oxygen atoms in total. The van der Waals surface area contributed by atoms with E-state index in [4.69, 9.17) is 17.4 Å². The summed E-state index contributed by atoms with van der Waals surface area (Å²) in [5.74, 6) is -3.68. The number of nitrogens with one attached hydrogen (secondary N) is 8. The van der Waals surface area contributed by atoms with E-state index in [9.17, 15) is 24.0 Å². The second-order valence-corrected chi connectivity index (χ2v) is 19.6. The van der Waals surface area contributed by atoms with Gasteiger partial charge in [0.25, 0.3) is 0 Å². The molecule has 2 aromatic carbocycles. The third kappa shape index (κ3) is 13.9. The van der Waals surface area contributed by atoms with E-state index in [1.807, 2.05) is 110 Å². The number of H-pyrrole nitrogens is 1. The zero-order chi connectivity index (χ0) is 47.4. The fraction of sp³-hybridized carbons (Fsp3) is 0.571. The lowest BCUT2D eigenvalue weighted by atomic mass is 9.95. The number of rotatable bonds is 12. The smallest absolute Gasteiger partial charge is 0.247 e. The van der Waals surface area contributed by atoms with Crippen molar-refractivity contribution in [2.45, 2.75) is 136 Å². The summed E-state index contributed by atoms with van der Waals surface area (Å²) in [7, 11) is 1.56. The molecule has 0 spiro atoms. The second-order valence-electron chi connectivity index (χ2n) is 19.0. The number of thiol groups is 1. The number of carbonyl (C=O) groups excluding carboxylic acids is 5. The molecule has 0 saturated carbocycles. The van der Waals surface area contributed by atoms with Crippen LogP contribution in [0.1, 0.15) is 86.8 Å². The summed E-state index contributed by atoms with van der Waals surface area (Å²) in [5.41, 5.74) is 2.80. The first-order chi connectivity index (χ1) is 30.2. The number of hydrogen-bond acceptors (Lipinski definition) is 9. The van der Waals surface area contributed by atoms with Gasteiger partial charge in [0.2, 0.25) is 29.5 Å². The molecule has 1 saturated heterocycles. The lowest BCUT2D eigenvalue weighted by Gasteiger charge is -2.37. The van der Waals surface area contributed by atoms with Gasteiger partial charge in [0, 0.05) is 47.6 Å². The first-order valence-corrected chi connectivity index (χ1v) is 23.3. The predicted molar refractivity (Wildman–Crippen MR) is 258 cm³/mol. The van der Waals surface area contributed by atoms with Crippen LogP contribution in [0.2, 0.25) is 0 Å². The summed E-state index contributed by atoms with van der Waals surface area (Å²) in [5, 5.41) is 22.5. The minimum absolute atomic E-state index is 0.0364. The lowest BCUT2D eigenvalue weighted by Crippen LogP contribution is -2.63. The van der Waals surface area contributed by atoms with E-state index in [1.165, 1.54) is 0 Å². The Morgan fingerprint density at radius 2 is 1.25 bits per heavy atom. The summed E-state index contributed by atoms with van der Waals surface area (Å²) >= 11 is 5.13. The highest BCUT2D eigenvalue weighted by molar-refractivity contribution is 7.81. The Morgan fingerprint density at radius 3 is 1.83 bits per heavy atom. The van der Waals surface area contributed by atoms with Crippen LogP contribution in [0.3, 0.4) is 0 Å². The molecular formula is C49H74N8O6S. The average Bonchev–Trinajstić information content (AvgIpc) is 3.67. The van der Waals surface area contributed by atoms with E-state index in [0.717, 1.165) is 16.5 Å². The maximum Gasteiger partial charge on any atom is 0.247 e. The number of carbonyl (C=O) groups is 5. The zero-order valence-electron chi connectivity index (χ0n) is 39.6. The molecule has 2 heterocycles. The third-order valence-corrected chi connectivity index (χ3v) is 12.5. The van der Waals surface area contributed by atoms with Gasteiger partial charge in [0.1, 0.15) is 30.4 Å². The summed E-state index contributed by atoms with van der Waals surface area (Å²) in [6, 6.07) is 11.3. The van der Waals surface area contributed by atoms with Crippen LogP contribution in [0.5, 0.6) is 0 Å². The number of methoxy groups -OCH3 is 1. The van der Waals surface area contributed by atoms with Gasteiger partial charge < -0.3 is 41.6 Å². The number of para-hydroxylation sites is 1. The summed E-state index contributed by atoms with van der Waals surface area (Å²) in [6.45, 7) is 23.6. The van der Waals surface area contributed by atoms with Crippen LogP contribution >= 0.6 is 12.6 Å². The largest absolute Gasteiger partial charge is 0.365 e. The Morgan fingerprint density at radius 1 is 0.688 bits per heavy atom. The van der Waals surface area contributed by atoms with Crippen LogP contribution < -0.4 is 37.2 Å². The van der Waals surface area contributed by atoms with Crippen molar-refractivity contribution < 1.29 is 28.7 Å². The molecule has 0 radical (unpaired) electrons. The minimum atomic E-state index is -1.32. The maximum absolute atomic E-state index is 14.8. The Balaban J connectivity index is 1.87. The van der Waals surface area contributed by atoms with E-state index in [0.29, 0.717) is 24.1 Å². The SMILES string of the molecule is C=C(c1c[nH]c2ccccc12)[C@@H]1NC(=O)[C@@H](C(C)C)NC(OC)[C@H](C(S)Cc2ccccc2)NC[C@H](C(C)C)NC(=O)[C@@H](C(C)C)NC(=O)[C@H](C(C)C)NC(=O)[C@@H](CC(C)C)NC1=O. The van der Waals surface area contributed by atoms with E-state index < -0.39 is 72.1 Å². The van der Waals surface area contributed by atoms with Crippen LogP contribution in [0.15, 0.2) is 67.4 Å². The molecule has 5 amide bonds. The van der Waals surface area contributed by atoms with Crippen LogP contribution in [0, 0.1) is 29.6 Å². The molecule has 1 aliphatic heterocycles. The molecule has 3 aromatic rings.